The summed E-state index contributed by atoms with van der Waals surface area (Å²) in [6.45, 7) is 1.96. The maximum Gasteiger partial charge on any atom is 0.343 e. The topological polar surface area (TPSA) is 94.6 Å². The number of nitrogens with zero attached hydrogens (tertiary/aromatic N) is 1. The molecule has 0 radical (unpaired) electrons. The molecule has 0 aromatic heterocycles. The predicted octanol–water partition coefficient (Wildman–Crippen LogP) is 2.59. The Morgan fingerprint density at radius 1 is 1.48 bits per heavy atom. The fourth-order valence-electron chi connectivity index (χ4n) is 1.59. The average Bonchev–Trinajstić information content (AvgIpc) is 2.51. The average molecular weight is 399 g/mol. The van der Waals surface area contributed by atoms with Crippen LogP contribution in [0.2, 0.25) is 0 Å². The Labute approximate surface area is 147 Å². The molecule has 8 heteroatoms. The smallest absolute Gasteiger partial charge is 0.343 e. The third-order valence-electron chi connectivity index (χ3n) is 2.59. The second-order valence-corrected chi connectivity index (χ2v) is 5.46. The van der Waals surface area contributed by atoms with Crippen LogP contribution >= 0.6 is 28.1 Å². The van der Waals surface area contributed by atoms with Crippen molar-refractivity contribution in [3.63, 3.8) is 0 Å². The van der Waals surface area contributed by atoms with E-state index in [1.165, 1.54) is 7.11 Å². The first kappa shape index (κ1) is 18.9. The molecule has 0 aliphatic rings. The van der Waals surface area contributed by atoms with Crippen molar-refractivity contribution in [2.75, 3.05) is 20.3 Å². The van der Waals surface area contributed by atoms with Crippen LogP contribution in [0.3, 0.4) is 0 Å². The number of esters is 1. The van der Waals surface area contributed by atoms with Gasteiger partial charge < -0.3 is 19.9 Å². The fraction of sp³-hybridized carbons (Fsp3) is 0.267. The highest BCUT2D eigenvalue weighted by atomic mass is 79.9. The monoisotopic (exact) mass is 398 g/mol. The number of carbonyl (C=O) groups is 1. The first-order chi connectivity index (χ1) is 10.9. The van der Waals surface area contributed by atoms with Crippen molar-refractivity contribution in [2.45, 2.75) is 6.92 Å². The van der Waals surface area contributed by atoms with Gasteiger partial charge in [-0.2, -0.15) is 5.26 Å². The Kier molecular flexibility index (Phi) is 7.51. The number of hydrogen-bond donors (Lipinski definition) is 1. The van der Waals surface area contributed by atoms with Crippen molar-refractivity contribution in [3.8, 4) is 17.6 Å². The number of ether oxygens (including phenoxy) is 3. The summed E-state index contributed by atoms with van der Waals surface area (Å²) >= 11 is 8.17. The molecule has 1 aromatic carbocycles. The highest BCUT2D eigenvalue weighted by molar-refractivity contribution is 9.10. The molecule has 0 bridgehead atoms. The normalized spacial score (nSPS) is 10.6. The molecule has 1 rings (SSSR count). The summed E-state index contributed by atoms with van der Waals surface area (Å²) in [5.74, 6) is 0.268. The highest BCUT2D eigenvalue weighted by Crippen LogP contribution is 2.37. The van der Waals surface area contributed by atoms with Gasteiger partial charge in [0.05, 0.1) is 23.8 Å². The molecule has 122 valence electrons. The number of benzene rings is 1. The lowest BCUT2D eigenvalue weighted by molar-refractivity contribution is -0.142. The second kappa shape index (κ2) is 9.12. The molecule has 0 heterocycles. The lowest BCUT2D eigenvalue weighted by atomic mass is 10.1. The summed E-state index contributed by atoms with van der Waals surface area (Å²) in [6, 6.07) is 5.29. The maximum absolute atomic E-state index is 11.2. The molecule has 0 atom stereocenters. The number of thiocarbonyl (C=S) groups is 1. The minimum Gasteiger partial charge on any atom is -0.490 e. The molecule has 0 amide bonds. The first-order valence-corrected chi connectivity index (χ1v) is 7.70. The third kappa shape index (κ3) is 5.54. The standard InChI is InChI=1S/C15H15BrN2O4S/c1-3-21-12-6-9(4-10(7-17)15(18)23)5-11(16)14(12)22-8-13(19)20-2/h4-6H,3,8H2,1-2H3,(H2,18,23)/b10-4-. The summed E-state index contributed by atoms with van der Waals surface area (Å²) in [5.41, 5.74) is 6.30. The maximum atomic E-state index is 11.2. The predicted molar refractivity (Wildman–Crippen MR) is 93.2 cm³/mol. The van der Waals surface area contributed by atoms with Crippen molar-refractivity contribution in [3.05, 3.63) is 27.7 Å². The number of carbonyl (C=O) groups excluding carboxylic acids is 1. The van der Waals surface area contributed by atoms with Crippen molar-refractivity contribution < 1.29 is 19.0 Å². The largest absolute Gasteiger partial charge is 0.490 e. The molecule has 0 saturated heterocycles. The molecule has 2 N–H and O–H groups in total. The summed E-state index contributed by atoms with van der Waals surface area (Å²) in [5, 5.41) is 9.02. The van der Waals surface area contributed by atoms with E-state index < -0.39 is 5.97 Å². The summed E-state index contributed by atoms with van der Waals surface area (Å²) in [4.78, 5) is 11.2. The van der Waals surface area contributed by atoms with E-state index in [2.05, 4.69) is 20.7 Å². The zero-order chi connectivity index (χ0) is 17.4. The van der Waals surface area contributed by atoms with Crippen LogP contribution in [0.25, 0.3) is 6.08 Å². The molecule has 0 aliphatic heterocycles. The quantitative estimate of drug-likeness (QED) is 0.326. The van der Waals surface area contributed by atoms with Gasteiger partial charge in [-0.25, -0.2) is 4.79 Å². The SMILES string of the molecule is CCOc1cc(/C=C(/C#N)C(N)=S)cc(Br)c1OCC(=O)OC. The van der Waals surface area contributed by atoms with Crippen molar-refractivity contribution >= 4 is 45.2 Å². The second-order valence-electron chi connectivity index (χ2n) is 4.16. The van der Waals surface area contributed by atoms with Crippen molar-refractivity contribution in [1.82, 2.24) is 0 Å². The number of halogens is 1. The molecule has 23 heavy (non-hydrogen) atoms. The van der Waals surface area contributed by atoms with Crippen LogP contribution in [0.1, 0.15) is 12.5 Å². The van der Waals surface area contributed by atoms with E-state index in [1.807, 2.05) is 13.0 Å². The Bertz CT molecular complexity index is 683. The van der Waals surface area contributed by atoms with Gasteiger partial charge in [0, 0.05) is 0 Å². The highest BCUT2D eigenvalue weighted by Gasteiger charge is 2.14. The third-order valence-corrected chi connectivity index (χ3v) is 3.40. The molecule has 6 nitrogen and oxygen atoms in total. The molecule has 0 unspecified atom stereocenters. The van der Waals surface area contributed by atoms with Crippen LogP contribution < -0.4 is 15.2 Å². The number of hydrogen-bond acceptors (Lipinski definition) is 6. The number of nitrogens with two attached hydrogens (primary N) is 1. The van der Waals surface area contributed by atoms with Crippen molar-refractivity contribution in [2.24, 2.45) is 5.73 Å². The Morgan fingerprint density at radius 3 is 2.70 bits per heavy atom. The van der Waals surface area contributed by atoms with E-state index >= 15 is 0 Å². The summed E-state index contributed by atoms with van der Waals surface area (Å²) in [7, 11) is 1.28. The van der Waals surface area contributed by atoms with Gasteiger partial charge in [-0.15, -0.1) is 0 Å². The van der Waals surface area contributed by atoms with Crippen LogP contribution in [0.4, 0.5) is 0 Å². The van der Waals surface area contributed by atoms with E-state index in [1.54, 1.807) is 18.2 Å². The van der Waals surface area contributed by atoms with Gasteiger partial charge in [-0.1, -0.05) is 12.2 Å². The minimum atomic E-state index is -0.511. The van der Waals surface area contributed by atoms with Crippen LogP contribution in [0.15, 0.2) is 22.2 Å². The Hall–Kier alpha value is -2.11. The minimum absolute atomic E-state index is 0.00704. The number of rotatable bonds is 7. The van der Waals surface area contributed by atoms with E-state index in [0.29, 0.717) is 28.1 Å². The lowest BCUT2D eigenvalue weighted by Crippen LogP contribution is -2.13. The van der Waals surface area contributed by atoms with Gasteiger partial charge in [0.2, 0.25) is 0 Å². The summed E-state index contributed by atoms with van der Waals surface area (Å²) in [6.07, 6.45) is 1.54. The van der Waals surface area contributed by atoms with Gasteiger partial charge in [0.15, 0.2) is 18.1 Å². The van der Waals surface area contributed by atoms with Gasteiger partial charge in [0.25, 0.3) is 0 Å². The van der Waals surface area contributed by atoms with Crippen LogP contribution in [0.5, 0.6) is 11.5 Å². The zero-order valence-corrected chi connectivity index (χ0v) is 15.0. The molecule has 0 spiro atoms. The molecule has 1 aromatic rings. The number of methoxy groups -OCH3 is 1. The van der Waals surface area contributed by atoms with E-state index in [4.69, 9.17) is 32.7 Å². The summed E-state index contributed by atoms with van der Waals surface area (Å²) < 4.78 is 16.0. The first-order valence-electron chi connectivity index (χ1n) is 6.50. The molecule has 0 fully saturated rings. The Morgan fingerprint density at radius 2 is 2.17 bits per heavy atom. The molecular weight excluding hydrogens is 384 g/mol. The van der Waals surface area contributed by atoms with Gasteiger partial charge in [0.1, 0.15) is 11.1 Å². The van der Waals surface area contributed by atoms with E-state index in [-0.39, 0.29) is 17.2 Å². The van der Waals surface area contributed by atoms with Crippen LogP contribution in [0, 0.1) is 11.3 Å². The van der Waals surface area contributed by atoms with E-state index in [9.17, 15) is 4.79 Å². The van der Waals surface area contributed by atoms with Crippen LogP contribution in [-0.2, 0) is 9.53 Å². The van der Waals surface area contributed by atoms with Crippen LogP contribution in [-0.4, -0.2) is 31.3 Å². The lowest BCUT2D eigenvalue weighted by Gasteiger charge is -2.14. The fourth-order valence-corrected chi connectivity index (χ4v) is 2.27. The van der Waals surface area contributed by atoms with Gasteiger partial charge in [-0.3, -0.25) is 0 Å². The van der Waals surface area contributed by atoms with Gasteiger partial charge in [-0.05, 0) is 46.6 Å². The number of nitriles is 1. The Balaban J connectivity index is 3.23. The van der Waals surface area contributed by atoms with E-state index in [0.717, 1.165) is 0 Å². The molecule has 0 aliphatic carbocycles. The zero-order valence-electron chi connectivity index (χ0n) is 12.6. The molecule has 0 saturated carbocycles. The molecular formula is C15H15BrN2O4S. The van der Waals surface area contributed by atoms with Gasteiger partial charge >= 0.3 is 5.97 Å². The van der Waals surface area contributed by atoms with Crippen molar-refractivity contribution in [1.29, 1.82) is 5.26 Å².